The molecule has 0 bridgehead atoms. The van der Waals surface area contributed by atoms with E-state index in [2.05, 4.69) is 0 Å². The fourth-order valence-electron chi connectivity index (χ4n) is 2.51. The van der Waals surface area contributed by atoms with Crippen LogP contribution < -0.4 is 9.47 Å². The van der Waals surface area contributed by atoms with Crippen molar-refractivity contribution in [3.63, 3.8) is 0 Å². The van der Waals surface area contributed by atoms with Gasteiger partial charge in [-0.15, -0.1) is 0 Å². The number of ether oxygens (including phenoxy) is 2. The summed E-state index contributed by atoms with van der Waals surface area (Å²) in [5.74, 6) is -1.17. The van der Waals surface area contributed by atoms with Crippen molar-refractivity contribution in [1.29, 1.82) is 0 Å². The van der Waals surface area contributed by atoms with E-state index < -0.39 is 17.5 Å². The Morgan fingerprint density at radius 3 is 2.15 bits per heavy atom. The molecule has 0 aliphatic heterocycles. The summed E-state index contributed by atoms with van der Waals surface area (Å²) in [6.07, 6.45) is 0. The van der Waals surface area contributed by atoms with Gasteiger partial charge < -0.3 is 19.7 Å². The van der Waals surface area contributed by atoms with Gasteiger partial charge in [0.15, 0.2) is 11.5 Å². The topological polar surface area (TPSA) is 76.0 Å². The minimum absolute atomic E-state index is 0.212. The van der Waals surface area contributed by atoms with E-state index in [9.17, 15) is 15.0 Å². The standard InChI is InChI=1S/C15H22O5/c1-9(2)13(14(16)17)15(3,18)10-6-7-11(19-4)12(8-10)20-5/h6-9,13,18H,1-5H3,(H,16,17). The molecule has 1 aromatic carbocycles. The van der Waals surface area contributed by atoms with Gasteiger partial charge >= 0.3 is 5.97 Å². The van der Waals surface area contributed by atoms with E-state index in [0.717, 1.165) is 0 Å². The highest BCUT2D eigenvalue weighted by atomic mass is 16.5. The molecule has 112 valence electrons. The van der Waals surface area contributed by atoms with Crippen LogP contribution in [-0.4, -0.2) is 30.4 Å². The zero-order valence-corrected chi connectivity index (χ0v) is 12.5. The van der Waals surface area contributed by atoms with Gasteiger partial charge in [-0.05, 0) is 30.5 Å². The summed E-state index contributed by atoms with van der Waals surface area (Å²) in [5, 5.41) is 20.0. The van der Waals surface area contributed by atoms with Crippen molar-refractivity contribution < 1.29 is 24.5 Å². The third-order valence-corrected chi connectivity index (χ3v) is 3.51. The number of aliphatic carboxylic acids is 1. The molecule has 1 rings (SSSR count). The van der Waals surface area contributed by atoms with E-state index in [1.807, 2.05) is 0 Å². The third kappa shape index (κ3) is 3.04. The predicted octanol–water partition coefficient (Wildman–Crippen LogP) is 2.27. The number of aliphatic hydroxyl groups is 1. The van der Waals surface area contributed by atoms with Gasteiger partial charge in [0.25, 0.3) is 0 Å². The van der Waals surface area contributed by atoms with E-state index in [-0.39, 0.29) is 5.92 Å². The van der Waals surface area contributed by atoms with Crippen LogP contribution in [0.4, 0.5) is 0 Å². The molecular weight excluding hydrogens is 260 g/mol. The number of carboxylic acid groups (broad SMARTS) is 1. The summed E-state index contributed by atoms with van der Waals surface area (Å²) in [6.45, 7) is 5.05. The van der Waals surface area contributed by atoms with E-state index in [0.29, 0.717) is 17.1 Å². The highest BCUT2D eigenvalue weighted by molar-refractivity contribution is 5.72. The summed E-state index contributed by atoms with van der Waals surface area (Å²) in [5.41, 5.74) is -1.02. The minimum atomic E-state index is -1.50. The Morgan fingerprint density at radius 2 is 1.75 bits per heavy atom. The van der Waals surface area contributed by atoms with Gasteiger partial charge in [-0.3, -0.25) is 4.79 Å². The molecule has 2 unspecified atom stereocenters. The fraction of sp³-hybridized carbons (Fsp3) is 0.533. The van der Waals surface area contributed by atoms with Crippen molar-refractivity contribution in [3.8, 4) is 11.5 Å². The van der Waals surface area contributed by atoms with Gasteiger partial charge in [-0.25, -0.2) is 0 Å². The van der Waals surface area contributed by atoms with Crippen LogP contribution in [0.15, 0.2) is 18.2 Å². The van der Waals surface area contributed by atoms with Crippen LogP contribution in [0.1, 0.15) is 26.3 Å². The van der Waals surface area contributed by atoms with Crippen LogP contribution in [0.25, 0.3) is 0 Å². The van der Waals surface area contributed by atoms with Crippen molar-refractivity contribution in [1.82, 2.24) is 0 Å². The van der Waals surface area contributed by atoms with Crippen molar-refractivity contribution in [2.75, 3.05) is 14.2 Å². The number of hydrogen-bond donors (Lipinski definition) is 2. The van der Waals surface area contributed by atoms with Crippen molar-refractivity contribution in [2.24, 2.45) is 11.8 Å². The van der Waals surface area contributed by atoms with E-state index in [4.69, 9.17) is 9.47 Å². The first kappa shape index (κ1) is 16.3. The lowest BCUT2D eigenvalue weighted by Crippen LogP contribution is -2.40. The van der Waals surface area contributed by atoms with Gasteiger partial charge in [-0.2, -0.15) is 0 Å². The summed E-state index contributed by atoms with van der Waals surface area (Å²) >= 11 is 0. The van der Waals surface area contributed by atoms with Crippen LogP contribution in [0.2, 0.25) is 0 Å². The van der Waals surface area contributed by atoms with Crippen LogP contribution in [0.3, 0.4) is 0 Å². The maximum Gasteiger partial charge on any atom is 0.310 e. The zero-order valence-electron chi connectivity index (χ0n) is 12.5. The molecule has 0 aromatic heterocycles. The molecule has 0 saturated carbocycles. The molecule has 20 heavy (non-hydrogen) atoms. The number of hydrogen-bond acceptors (Lipinski definition) is 4. The highest BCUT2D eigenvalue weighted by Gasteiger charge is 2.41. The number of methoxy groups -OCH3 is 2. The Bertz CT molecular complexity index is 479. The SMILES string of the molecule is COc1ccc(C(C)(O)C(C(=O)O)C(C)C)cc1OC. The normalized spacial score (nSPS) is 15.6. The second-order valence-corrected chi connectivity index (χ2v) is 5.28. The summed E-state index contributed by atoms with van der Waals surface area (Å²) in [4.78, 5) is 11.4. The molecule has 2 N–H and O–H groups in total. The Labute approximate surface area is 119 Å². The molecule has 0 radical (unpaired) electrons. The lowest BCUT2D eigenvalue weighted by molar-refractivity contribution is -0.155. The maximum absolute atomic E-state index is 11.4. The maximum atomic E-state index is 11.4. The molecular formula is C15H22O5. The van der Waals surface area contributed by atoms with E-state index in [1.54, 1.807) is 32.0 Å². The number of carboxylic acids is 1. The largest absolute Gasteiger partial charge is 0.493 e. The average Bonchev–Trinajstić information content (AvgIpc) is 2.36. The number of benzene rings is 1. The molecule has 5 nitrogen and oxygen atoms in total. The smallest absolute Gasteiger partial charge is 0.310 e. The molecule has 0 amide bonds. The Balaban J connectivity index is 3.30. The first-order chi connectivity index (χ1) is 9.25. The second kappa shape index (κ2) is 6.13. The lowest BCUT2D eigenvalue weighted by atomic mass is 9.76. The van der Waals surface area contributed by atoms with Crippen LogP contribution in [0.5, 0.6) is 11.5 Å². The second-order valence-electron chi connectivity index (χ2n) is 5.28. The van der Waals surface area contributed by atoms with Gasteiger partial charge in [0.1, 0.15) is 5.60 Å². The van der Waals surface area contributed by atoms with Crippen LogP contribution in [-0.2, 0) is 10.4 Å². The van der Waals surface area contributed by atoms with E-state index in [1.165, 1.54) is 21.1 Å². The van der Waals surface area contributed by atoms with Crippen molar-refractivity contribution in [3.05, 3.63) is 23.8 Å². The van der Waals surface area contributed by atoms with Gasteiger partial charge in [-0.1, -0.05) is 19.9 Å². The molecule has 2 atom stereocenters. The van der Waals surface area contributed by atoms with Crippen LogP contribution in [0, 0.1) is 11.8 Å². The molecule has 5 heteroatoms. The molecule has 0 spiro atoms. The van der Waals surface area contributed by atoms with Gasteiger partial charge in [0.05, 0.1) is 20.1 Å². The first-order valence-corrected chi connectivity index (χ1v) is 6.43. The quantitative estimate of drug-likeness (QED) is 0.837. The molecule has 0 aliphatic rings. The predicted molar refractivity (Wildman–Crippen MR) is 75.1 cm³/mol. The lowest BCUT2D eigenvalue weighted by Gasteiger charge is -2.33. The molecule has 1 aromatic rings. The Hall–Kier alpha value is -1.75. The molecule has 0 heterocycles. The molecule has 0 fully saturated rings. The summed E-state index contributed by atoms with van der Waals surface area (Å²) in [7, 11) is 3.01. The first-order valence-electron chi connectivity index (χ1n) is 6.43. The molecule has 0 aliphatic carbocycles. The monoisotopic (exact) mass is 282 g/mol. The summed E-state index contributed by atoms with van der Waals surface area (Å²) in [6, 6.07) is 4.92. The molecule has 0 saturated heterocycles. The minimum Gasteiger partial charge on any atom is -0.493 e. The highest BCUT2D eigenvalue weighted by Crippen LogP contribution is 2.38. The zero-order chi connectivity index (χ0) is 15.5. The van der Waals surface area contributed by atoms with Crippen molar-refractivity contribution in [2.45, 2.75) is 26.4 Å². The number of carbonyl (C=O) groups is 1. The van der Waals surface area contributed by atoms with E-state index >= 15 is 0 Å². The summed E-state index contributed by atoms with van der Waals surface area (Å²) < 4.78 is 10.3. The van der Waals surface area contributed by atoms with Crippen LogP contribution >= 0.6 is 0 Å². The third-order valence-electron chi connectivity index (χ3n) is 3.51. The Morgan fingerprint density at radius 1 is 1.20 bits per heavy atom. The number of rotatable bonds is 6. The fourth-order valence-corrected chi connectivity index (χ4v) is 2.51. The van der Waals surface area contributed by atoms with Gasteiger partial charge in [0, 0.05) is 0 Å². The van der Waals surface area contributed by atoms with Crippen molar-refractivity contribution >= 4 is 5.97 Å². The average molecular weight is 282 g/mol. The van der Waals surface area contributed by atoms with Gasteiger partial charge in [0.2, 0.25) is 0 Å². The Kier molecular flexibility index (Phi) is 5.00.